The van der Waals surface area contributed by atoms with E-state index in [-0.39, 0.29) is 5.91 Å². The fourth-order valence-corrected chi connectivity index (χ4v) is 2.89. The topological polar surface area (TPSA) is 55.1 Å². The van der Waals surface area contributed by atoms with Crippen molar-refractivity contribution in [3.8, 4) is 11.3 Å². The van der Waals surface area contributed by atoms with Crippen LogP contribution in [-0.4, -0.2) is 11.1 Å². The van der Waals surface area contributed by atoms with E-state index < -0.39 is 0 Å². The number of carbonyl (C=O) groups is 1. The summed E-state index contributed by atoms with van der Waals surface area (Å²) in [6.45, 7) is 5.63. The molecule has 0 saturated carbocycles. The van der Waals surface area contributed by atoms with Crippen LogP contribution in [0.15, 0.2) is 47.0 Å². The Kier molecular flexibility index (Phi) is 4.40. The highest BCUT2D eigenvalue weighted by atomic mass is 35.5. The van der Waals surface area contributed by atoms with Gasteiger partial charge in [-0.1, -0.05) is 53.2 Å². The molecule has 2 aromatic carbocycles. The normalized spacial score (nSPS) is 10.7. The van der Waals surface area contributed by atoms with Gasteiger partial charge in [0.05, 0.1) is 5.02 Å². The molecule has 0 spiro atoms. The highest BCUT2D eigenvalue weighted by molar-refractivity contribution is 6.33. The van der Waals surface area contributed by atoms with Gasteiger partial charge in [0.15, 0.2) is 0 Å². The summed E-state index contributed by atoms with van der Waals surface area (Å²) in [5.74, 6) is 0.190. The van der Waals surface area contributed by atoms with Gasteiger partial charge in [0.25, 0.3) is 5.91 Å². The standard InChI is InChI=1S/C19H17ClN2O2/c1-11-7-6-8-12(2)17(11)21-19(23)16-13(3)24-22-18(16)14-9-4-5-10-15(14)20/h4-10H,1-3H3,(H,21,23). The fourth-order valence-electron chi connectivity index (χ4n) is 2.66. The Bertz CT molecular complexity index is 895. The number of nitrogens with zero attached hydrogens (tertiary/aromatic N) is 1. The van der Waals surface area contributed by atoms with Gasteiger partial charge in [-0.2, -0.15) is 0 Å². The average Bonchev–Trinajstić information content (AvgIpc) is 2.93. The van der Waals surface area contributed by atoms with Crippen molar-refractivity contribution in [2.75, 3.05) is 5.32 Å². The molecule has 4 nitrogen and oxygen atoms in total. The number of aromatic nitrogens is 1. The third-order valence-electron chi connectivity index (χ3n) is 3.94. The summed E-state index contributed by atoms with van der Waals surface area (Å²) in [5, 5.41) is 7.52. The van der Waals surface area contributed by atoms with E-state index >= 15 is 0 Å². The molecule has 24 heavy (non-hydrogen) atoms. The number of benzene rings is 2. The Morgan fingerprint density at radius 1 is 1.04 bits per heavy atom. The van der Waals surface area contributed by atoms with Crippen molar-refractivity contribution in [2.24, 2.45) is 0 Å². The molecule has 0 fully saturated rings. The zero-order valence-corrected chi connectivity index (χ0v) is 14.4. The molecule has 0 saturated heterocycles. The third-order valence-corrected chi connectivity index (χ3v) is 4.27. The second-order valence-corrected chi connectivity index (χ2v) is 6.07. The number of aryl methyl sites for hydroxylation is 3. The predicted molar refractivity (Wildman–Crippen MR) is 95.6 cm³/mol. The molecule has 0 unspecified atom stereocenters. The summed E-state index contributed by atoms with van der Waals surface area (Å²) in [7, 11) is 0. The second-order valence-electron chi connectivity index (χ2n) is 5.66. The lowest BCUT2D eigenvalue weighted by molar-refractivity contribution is 0.102. The summed E-state index contributed by atoms with van der Waals surface area (Å²) in [5.41, 5.74) is 4.30. The van der Waals surface area contributed by atoms with Gasteiger partial charge in [-0.3, -0.25) is 4.79 Å². The van der Waals surface area contributed by atoms with E-state index in [4.69, 9.17) is 16.1 Å². The summed E-state index contributed by atoms with van der Waals surface area (Å²) in [4.78, 5) is 12.9. The Morgan fingerprint density at radius 2 is 1.71 bits per heavy atom. The number of para-hydroxylation sites is 1. The van der Waals surface area contributed by atoms with E-state index in [0.29, 0.717) is 27.6 Å². The first-order valence-electron chi connectivity index (χ1n) is 7.57. The van der Waals surface area contributed by atoms with Crippen LogP contribution in [0.2, 0.25) is 5.02 Å². The molecule has 1 amide bonds. The third kappa shape index (κ3) is 2.93. The molecule has 5 heteroatoms. The monoisotopic (exact) mass is 340 g/mol. The average molecular weight is 341 g/mol. The van der Waals surface area contributed by atoms with E-state index in [2.05, 4.69) is 10.5 Å². The highest BCUT2D eigenvalue weighted by Gasteiger charge is 2.23. The lowest BCUT2D eigenvalue weighted by atomic mass is 10.0. The number of amides is 1. The van der Waals surface area contributed by atoms with Crippen molar-refractivity contribution in [1.82, 2.24) is 5.16 Å². The lowest BCUT2D eigenvalue weighted by Crippen LogP contribution is -2.15. The molecular formula is C19H17ClN2O2. The smallest absolute Gasteiger partial charge is 0.261 e. The first-order valence-corrected chi connectivity index (χ1v) is 7.95. The van der Waals surface area contributed by atoms with Gasteiger partial charge in [-0.05, 0) is 38.0 Å². The molecule has 3 aromatic rings. The Hall–Kier alpha value is -2.59. The first-order chi connectivity index (χ1) is 11.5. The SMILES string of the molecule is Cc1cccc(C)c1NC(=O)c1c(-c2ccccc2Cl)noc1C. The number of nitrogens with one attached hydrogen (secondary N) is 1. The summed E-state index contributed by atoms with van der Waals surface area (Å²) in [6.07, 6.45) is 0. The first kappa shape index (κ1) is 16.3. The highest BCUT2D eigenvalue weighted by Crippen LogP contribution is 2.32. The number of rotatable bonds is 3. The number of halogens is 1. The van der Waals surface area contributed by atoms with Crippen LogP contribution in [-0.2, 0) is 0 Å². The van der Waals surface area contributed by atoms with Crippen molar-refractivity contribution >= 4 is 23.2 Å². The van der Waals surface area contributed by atoms with Crippen LogP contribution in [0.3, 0.4) is 0 Å². The van der Waals surface area contributed by atoms with Gasteiger partial charge in [0, 0.05) is 11.3 Å². The molecule has 0 bridgehead atoms. The van der Waals surface area contributed by atoms with E-state index in [9.17, 15) is 4.79 Å². The molecule has 0 aliphatic heterocycles. The minimum absolute atomic E-state index is 0.263. The van der Waals surface area contributed by atoms with Crippen molar-refractivity contribution in [1.29, 1.82) is 0 Å². The van der Waals surface area contributed by atoms with Crippen molar-refractivity contribution in [2.45, 2.75) is 20.8 Å². The van der Waals surface area contributed by atoms with Crippen LogP contribution in [0.4, 0.5) is 5.69 Å². The Morgan fingerprint density at radius 3 is 2.38 bits per heavy atom. The zero-order chi connectivity index (χ0) is 17.3. The number of anilines is 1. The second kappa shape index (κ2) is 6.49. The van der Waals surface area contributed by atoms with Crippen molar-refractivity contribution in [3.05, 3.63) is 69.9 Å². The largest absolute Gasteiger partial charge is 0.360 e. The van der Waals surface area contributed by atoms with Crippen molar-refractivity contribution in [3.63, 3.8) is 0 Å². The maximum absolute atomic E-state index is 12.9. The summed E-state index contributed by atoms with van der Waals surface area (Å²) < 4.78 is 5.25. The maximum atomic E-state index is 12.9. The van der Waals surface area contributed by atoms with Crippen LogP contribution in [0.25, 0.3) is 11.3 Å². The maximum Gasteiger partial charge on any atom is 0.261 e. The minimum atomic E-state index is -0.263. The van der Waals surface area contributed by atoms with E-state index in [1.54, 1.807) is 13.0 Å². The summed E-state index contributed by atoms with van der Waals surface area (Å²) in [6, 6.07) is 13.1. The lowest BCUT2D eigenvalue weighted by Gasteiger charge is -2.11. The molecule has 0 radical (unpaired) electrons. The fraction of sp³-hybridized carbons (Fsp3) is 0.158. The minimum Gasteiger partial charge on any atom is -0.360 e. The van der Waals surface area contributed by atoms with Gasteiger partial charge >= 0.3 is 0 Å². The number of carbonyl (C=O) groups excluding carboxylic acids is 1. The molecule has 0 aliphatic rings. The van der Waals surface area contributed by atoms with Crippen molar-refractivity contribution < 1.29 is 9.32 Å². The van der Waals surface area contributed by atoms with Crippen LogP contribution in [0.1, 0.15) is 27.2 Å². The van der Waals surface area contributed by atoms with E-state index in [1.807, 2.05) is 50.2 Å². The summed E-state index contributed by atoms with van der Waals surface area (Å²) >= 11 is 6.24. The van der Waals surface area contributed by atoms with E-state index in [1.165, 1.54) is 0 Å². The van der Waals surface area contributed by atoms with Gasteiger partial charge in [0.2, 0.25) is 0 Å². The quantitative estimate of drug-likeness (QED) is 0.715. The van der Waals surface area contributed by atoms with Crippen LogP contribution >= 0.6 is 11.6 Å². The van der Waals surface area contributed by atoms with E-state index in [0.717, 1.165) is 16.8 Å². The molecule has 1 aromatic heterocycles. The van der Waals surface area contributed by atoms with Crippen LogP contribution < -0.4 is 5.32 Å². The Balaban J connectivity index is 2.03. The molecule has 1 heterocycles. The molecule has 0 atom stereocenters. The zero-order valence-electron chi connectivity index (χ0n) is 13.7. The van der Waals surface area contributed by atoms with Gasteiger partial charge in [-0.15, -0.1) is 0 Å². The molecule has 0 aliphatic carbocycles. The number of hydrogen-bond acceptors (Lipinski definition) is 3. The molecular weight excluding hydrogens is 324 g/mol. The molecule has 1 N–H and O–H groups in total. The predicted octanol–water partition coefficient (Wildman–Crippen LogP) is 5.17. The van der Waals surface area contributed by atoms with Gasteiger partial charge in [0.1, 0.15) is 17.0 Å². The van der Waals surface area contributed by atoms with Gasteiger partial charge < -0.3 is 9.84 Å². The number of hydrogen-bond donors (Lipinski definition) is 1. The van der Waals surface area contributed by atoms with Gasteiger partial charge in [-0.25, -0.2) is 0 Å². The molecule has 122 valence electrons. The van der Waals surface area contributed by atoms with Crippen LogP contribution in [0.5, 0.6) is 0 Å². The Labute approximate surface area is 145 Å². The molecule has 3 rings (SSSR count). The van der Waals surface area contributed by atoms with Crippen LogP contribution in [0, 0.1) is 20.8 Å².